The molecule has 4 amide bonds. The van der Waals surface area contributed by atoms with Crippen molar-refractivity contribution in [2.45, 2.75) is 36.1 Å². The lowest BCUT2D eigenvalue weighted by Crippen LogP contribution is -2.65. The third kappa shape index (κ3) is 4.39. The molecule has 0 radical (unpaired) electrons. The average molecular weight is 521 g/mol. The molecule has 4 rings (SSSR count). The molecule has 0 N–H and O–H groups in total. The lowest BCUT2D eigenvalue weighted by atomic mass is 9.61. The first kappa shape index (κ1) is 27.0. The smallest absolute Gasteiger partial charge is 0.348 e. The van der Waals surface area contributed by atoms with Crippen LogP contribution in [0.15, 0.2) is 42.5 Å². The summed E-state index contributed by atoms with van der Waals surface area (Å²) < 4.78 is 29.9. The SMILES string of the molecule is BC1C[C@@](B)(N2Cc3cc(C(B)N(B)C(=O)C(F)(F)c4ccc(Cl)cc4)ccc3C2=O)C(=O)N(B)C1=O. The van der Waals surface area contributed by atoms with Gasteiger partial charge >= 0.3 is 5.92 Å². The van der Waals surface area contributed by atoms with Gasteiger partial charge in [-0.1, -0.05) is 35.9 Å². The number of alkyl halides is 2. The van der Waals surface area contributed by atoms with Crippen molar-refractivity contribution in [3.63, 3.8) is 0 Å². The standard InChI is InChI=1S/C22H23B5ClF2N3O4/c23-15-8-21(25,19(36)33(27)18(15)35)31-9-11-7-10(1-6-14(11)17(31)34)16(24)32(26)20(37)22(29,30)12-2-4-13(28)5-3-12/h1-7,15-16H,8-9,23-27H2/t15?,16?,21-/m1/s1. The third-order valence-corrected chi connectivity index (χ3v) is 7.86. The molecule has 15 heteroatoms. The van der Waals surface area contributed by atoms with Gasteiger partial charge < -0.3 is 14.5 Å². The minimum absolute atomic E-state index is 0.129. The van der Waals surface area contributed by atoms with E-state index in [0.717, 1.165) is 21.8 Å². The van der Waals surface area contributed by atoms with Crippen LogP contribution in [0.25, 0.3) is 0 Å². The minimum atomic E-state index is -3.76. The molecule has 1 fully saturated rings. The van der Waals surface area contributed by atoms with Crippen LogP contribution in [0, 0.1) is 0 Å². The van der Waals surface area contributed by atoms with Gasteiger partial charge in [0, 0.05) is 34.5 Å². The Kier molecular flexibility index (Phi) is 6.86. The average Bonchev–Trinajstić information content (AvgIpc) is 3.21. The first-order valence-corrected chi connectivity index (χ1v) is 12.3. The summed E-state index contributed by atoms with van der Waals surface area (Å²) in [5.41, 5.74) is -0.0631. The number of fused-ring (bicyclic) bond motifs is 1. The van der Waals surface area contributed by atoms with Crippen molar-refractivity contribution in [3.8, 4) is 0 Å². The molecule has 2 aromatic carbocycles. The van der Waals surface area contributed by atoms with Crippen LogP contribution < -0.4 is 0 Å². The maximum Gasteiger partial charge on any atom is 0.348 e. The second-order valence-electron chi connectivity index (χ2n) is 10.1. The van der Waals surface area contributed by atoms with E-state index in [2.05, 4.69) is 0 Å². The third-order valence-electron chi connectivity index (χ3n) is 7.61. The highest BCUT2D eigenvalue weighted by Gasteiger charge is 2.52. The van der Waals surface area contributed by atoms with Gasteiger partial charge in [-0.3, -0.25) is 19.2 Å². The number of halogens is 3. The molecule has 37 heavy (non-hydrogen) atoms. The maximum atomic E-state index is 15.0. The summed E-state index contributed by atoms with van der Waals surface area (Å²) in [4.78, 5) is 54.9. The Morgan fingerprint density at radius 1 is 1.16 bits per heavy atom. The van der Waals surface area contributed by atoms with Crippen LogP contribution in [0.3, 0.4) is 0 Å². The molecule has 7 nitrogen and oxygen atoms in total. The zero-order chi connectivity index (χ0) is 27.4. The molecule has 0 aromatic heterocycles. The number of amides is 4. The number of benzene rings is 2. The van der Waals surface area contributed by atoms with E-state index in [1.54, 1.807) is 41.7 Å². The molecule has 186 valence electrons. The zero-order valence-corrected chi connectivity index (χ0v) is 22.0. The van der Waals surface area contributed by atoms with Crippen molar-refractivity contribution in [3.05, 3.63) is 69.7 Å². The van der Waals surface area contributed by atoms with Gasteiger partial charge in [-0.2, -0.15) is 8.78 Å². The molecule has 0 spiro atoms. The highest BCUT2D eigenvalue weighted by Crippen LogP contribution is 2.38. The zero-order valence-electron chi connectivity index (χ0n) is 21.2. The maximum absolute atomic E-state index is 15.0. The predicted octanol–water partition coefficient (Wildman–Crippen LogP) is -1.85. The first-order valence-electron chi connectivity index (χ1n) is 11.9. The number of hydrogen-bond acceptors (Lipinski definition) is 4. The topological polar surface area (TPSA) is 78.0 Å². The van der Waals surface area contributed by atoms with E-state index >= 15 is 0 Å². The Hall–Kier alpha value is -3.01. The number of nitrogens with zero attached hydrogens (tertiary/aromatic N) is 3. The van der Waals surface area contributed by atoms with Gasteiger partial charge in [-0.25, -0.2) is 0 Å². The van der Waals surface area contributed by atoms with Gasteiger partial charge in [-0.15, -0.1) is 0 Å². The van der Waals surface area contributed by atoms with E-state index in [-0.39, 0.29) is 29.8 Å². The normalized spacial score (nSPS) is 22.7. The summed E-state index contributed by atoms with van der Waals surface area (Å²) in [6.45, 7) is 0.129. The first-order chi connectivity index (χ1) is 17.2. The van der Waals surface area contributed by atoms with Gasteiger partial charge in [0.2, 0.25) is 27.8 Å². The van der Waals surface area contributed by atoms with Crippen LogP contribution in [0.2, 0.25) is 10.8 Å². The summed E-state index contributed by atoms with van der Waals surface area (Å²) in [6.07, 6.45) is 0.203. The van der Waals surface area contributed by atoms with Gasteiger partial charge in [0.05, 0.1) is 5.44 Å². The number of hydrogen-bond donors (Lipinski definition) is 0. The molecule has 0 aliphatic carbocycles. The van der Waals surface area contributed by atoms with Gasteiger partial charge in [0.1, 0.15) is 23.5 Å². The highest BCUT2D eigenvalue weighted by atomic mass is 35.5. The molecular formula is C22H23B5ClF2N3O4. The summed E-state index contributed by atoms with van der Waals surface area (Å²) in [5.74, 6) is -7.35. The van der Waals surface area contributed by atoms with Crippen LogP contribution in [-0.4, -0.2) is 83.1 Å². The van der Waals surface area contributed by atoms with Crippen molar-refractivity contribution in [1.82, 2.24) is 14.5 Å². The fourth-order valence-electron chi connectivity index (χ4n) is 5.19. The van der Waals surface area contributed by atoms with E-state index in [1.165, 1.54) is 33.0 Å². The van der Waals surface area contributed by atoms with Crippen molar-refractivity contribution in [1.29, 1.82) is 0 Å². The Morgan fingerprint density at radius 2 is 1.78 bits per heavy atom. The van der Waals surface area contributed by atoms with Gasteiger partial charge in [0.15, 0.2) is 0 Å². The Morgan fingerprint density at radius 3 is 2.41 bits per heavy atom. The molecule has 1 saturated heterocycles. The molecule has 2 aromatic rings. The molecule has 2 unspecified atom stereocenters. The van der Waals surface area contributed by atoms with Crippen molar-refractivity contribution < 1.29 is 28.0 Å². The number of carbonyl (C=O) groups is 4. The van der Waals surface area contributed by atoms with Crippen LogP contribution >= 0.6 is 11.6 Å². The molecule has 2 aliphatic rings. The van der Waals surface area contributed by atoms with E-state index < -0.39 is 40.5 Å². The van der Waals surface area contributed by atoms with Crippen molar-refractivity contribution in [2.24, 2.45) is 0 Å². The van der Waals surface area contributed by atoms with Crippen LogP contribution in [-0.2, 0) is 26.9 Å². The van der Waals surface area contributed by atoms with Crippen molar-refractivity contribution in [2.75, 3.05) is 0 Å². The van der Waals surface area contributed by atoms with E-state index in [1.807, 2.05) is 0 Å². The predicted molar refractivity (Wildman–Crippen MR) is 147 cm³/mol. The van der Waals surface area contributed by atoms with Gasteiger partial charge in [0.25, 0.3) is 11.8 Å². The Balaban J connectivity index is 1.57. The van der Waals surface area contributed by atoms with Crippen LogP contribution in [0.4, 0.5) is 8.78 Å². The summed E-state index contributed by atoms with van der Waals surface area (Å²) in [7, 11) is 7.73. The highest BCUT2D eigenvalue weighted by molar-refractivity contribution is 6.42. The molecule has 2 heterocycles. The second-order valence-corrected chi connectivity index (χ2v) is 10.5. The lowest BCUT2D eigenvalue weighted by Gasteiger charge is -2.45. The summed E-state index contributed by atoms with van der Waals surface area (Å²) in [6, 6.07) is 9.76. The van der Waals surface area contributed by atoms with E-state index in [0.29, 0.717) is 16.7 Å². The minimum Gasteiger partial charge on any atom is -0.389 e. The molecule has 0 saturated carbocycles. The fraction of sp³-hybridized carbons (Fsp3) is 0.273. The van der Waals surface area contributed by atoms with Crippen LogP contribution in [0.5, 0.6) is 0 Å². The van der Waals surface area contributed by atoms with E-state index in [9.17, 15) is 28.0 Å². The van der Waals surface area contributed by atoms with Crippen LogP contribution in [0.1, 0.15) is 39.4 Å². The molecule has 3 atom stereocenters. The largest absolute Gasteiger partial charge is 0.389 e. The number of piperidine rings is 1. The lowest BCUT2D eigenvalue weighted by molar-refractivity contribution is -0.154. The van der Waals surface area contributed by atoms with Gasteiger partial charge in [-0.05, 0) is 35.7 Å². The number of carbonyl (C=O) groups excluding carboxylic acids is 4. The molecular weight excluding hydrogens is 498 g/mol. The molecule has 2 aliphatic heterocycles. The number of rotatable bonds is 5. The Labute approximate surface area is 222 Å². The monoisotopic (exact) mass is 521 g/mol. The molecule has 0 bridgehead atoms. The Bertz CT molecular complexity index is 1320. The summed E-state index contributed by atoms with van der Waals surface area (Å²) in [5, 5.41) is 0.284. The number of imide groups is 1. The quantitative estimate of drug-likeness (QED) is 0.343. The second kappa shape index (κ2) is 9.38. The van der Waals surface area contributed by atoms with E-state index in [4.69, 9.17) is 11.6 Å². The summed E-state index contributed by atoms with van der Waals surface area (Å²) >= 11 is 5.78. The van der Waals surface area contributed by atoms with Crippen molar-refractivity contribution >= 4 is 74.7 Å². The fourth-order valence-corrected chi connectivity index (χ4v) is 5.32.